The number of amides is 2. The van der Waals surface area contributed by atoms with Crippen molar-refractivity contribution < 1.29 is 4.79 Å². The molecule has 1 N–H and O–H groups in total. The second-order valence-electron chi connectivity index (χ2n) is 4.80. The normalized spacial score (nSPS) is 22.4. The number of hydrogen-bond donors (Lipinski definition) is 1. The third-order valence-electron chi connectivity index (χ3n) is 3.63. The van der Waals surface area contributed by atoms with Crippen LogP contribution in [0.4, 0.5) is 4.79 Å². The Kier molecular flexibility index (Phi) is 2.95. The van der Waals surface area contributed by atoms with Crippen LogP contribution < -0.4 is 5.32 Å². The molecule has 0 aromatic heterocycles. The fraction of sp³-hybridized carbons (Fsp3) is 0.188. The van der Waals surface area contributed by atoms with E-state index in [-0.39, 0.29) is 18.1 Å². The molecule has 1 saturated heterocycles. The van der Waals surface area contributed by atoms with Crippen LogP contribution in [0.3, 0.4) is 0 Å². The topological polar surface area (TPSA) is 32.3 Å². The molecular formula is C16H16N2O. The summed E-state index contributed by atoms with van der Waals surface area (Å²) >= 11 is 0. The van der Waals surface area contributed by atoms with Crippen molar-refractivity contribution in [3.8, 4) is 0 Å². The molecule has 0 unspecified atom stereocenters. The van der Waals surface area contributed by atoms with Crippen molar-refractivity contribution in [1.29, 1.82) is 0 Å². The van der Waals surface area contributed by atoms with Gasteiger partial charge in [-0.2, -0.15) is 0 Å². The second kappa shape index (κ2) is 4.76. The zero-order chi connectivity index (χ0) is 13.2. The minimum Gasteiger partial charge on any atom is -0.329 e. The monoisotopic (exact) mass is 252 g/mol. The number of carbonyl (C=O) groups is 1. The highest BCUT2D eigenvalue weighted by Gasteiger charge is 2.38. The van der Waals surface area contributed by atoms with Crippen LogP contribution in [0.5, 0.6) is 0 Å². The van der Waals surface area contributed by atoms with Crippen LogP contribution in [0.1, 0.15) is 23.2 Å². The summed E-state index contributed by atoms with van der Waals surface area (Å²) in [6.45, 7) is 0. The number of nitrogens with one attached hydrogen (secondary N) is 1. The molecule has 0 spiro atoms. The van der Waals surface area contributed by atoms with Crippen molar-refractivity contribution in [2.75, 3.05) is 7.05 Å². The van der Waals surface area contributed by atoms with E-state index < -0.39 is 0 Å². The number of hydrogen-bond acceptors (Lipinski definition) is 1. The van der Waals surface area contributed by atoms with E-state index in [0.717, 1.165) is 11.1 Å². The second-order valence-corrected chi connectivity index (χ2v) is 4.80. The predicted molar refractivity (Wildman–Crippen MR) is 74.7 cm³/mol. The summed E-state index contributed by atoms with van der Waals surface area (Å²) in [4.78, 5) is 13.7. The van der Waals surface area contributed by atoms with Crippen LogP contribution in [-0.2, 0) is 0 Å². The van der Waals surface area contributed by atoms with Crippen LogP contribution in [0, 0.1) is 0 Å². The number of likely N-dealkylation sites (N-methyl/N-ethyl adjacent to an activating group) is 1. The van der Waals surface area contributed by atoms with Gasteiger partial charge in [0, 0.05) is 7.05 Å². The lowest BCUT2D eigenvalue weighted by Crippen LogP contribution is -2.25. The van der Waals surface area contributed by atoms with E-state index in [1.165, 1.54) is 0 Å². The summed E-state index contributed by atoms with van der Waals surface area (Å²) in [5, 5.41) is 3.06. The molecule has 2 aromatic carbocycles. The molecule has 3 heteroatoms. The van der Waals surface area contributed by atoms with E-state index in [1.807, 2.05) is 43.4 Å². The molecule has 19 heavy (non-hydrogen) atoms. The van der Waals surface area contributed by atoms with Crippen molar-refractivity contribution in [2.45, 2.75) is 12.1 Å². The van der Waals surface area contributed by atoms with Gasteiger partial charge in [-0.1, -0.05) is 60.7 Å². The Bertz CT molecular complexity index is 568. The summed E-state index contributed by atoms with van der Waals surface area (Å²) in [7, 11) is 1.84. The third kappa shape index (κ3) is 2.08. The molecule has 3 rings (SSSR count). The highest BCUT2D eigenvalue weighted by Crippen LogP contribution is 2.37. The number of benzene rings is 2. The maximum Gasteiger partial charge on any atom is 0.318 e. The molecule has 0 aliphatic carbocycles. The van der Waals surface area contributed by atoms with E-state index in [4.69, 9.17) is 0 Å². The molecule has 1 heterocycles. The first kappa shape index (κ1) is 11.8. The Morgan fingerprint density at radius 2 is 1.42 bits per heavy atom. The first-order chi connectivity index (χ1) is 9.27. The first-order valence-corrected chi connectivity index (χ1v) is 6.40. The number of carbonyl (C=O) groups excluding carboxylic acids is 1. The summed E-state index contributed by atoms with van der Waals surface area (Å²) in [6.07, 6.45) is 0. The summed E-state index contributed by atoms with van der Waals surface area (Å²) < 4.78 is 0. The van der Waals surface area contributed by atoms with Gasteiger partial charge in [0.05, 0.1) is 12.1 Å². The van der Waals surface area contributed by atoms with Crippen LogP contribution in [0.25, 0.3) is 0 Å². The maximum absolute atomic E-state index is 12.0. The Hall–Kier alpha value is -2.29. The number of rotatable bonds is 2. The zero-order valence-electron chi connectivity index (χ0n) is 10.8. The largest absolute Gasteiger partial charge is 0.329 e. The number of nitrogens with zero attached hydrogens (tertiary/aromatic N) is 1. The Balaban J connectivity index is 2.01. The predicted octanol–water partition coefficient (Wildman–Crippen LogP) is 3.12. The Morgan fingerprint density at radius 1 is 0.895 bits per heavy atom. The van der Waals surface area contributed by atoms with Gasteiger partial charge in [0.2, 0.25) is 0 Å². The molecule has 96 valence electrons. The lowest BCUT2D eigenvalue weighted by molar-refractivity contribution is 0.216. The van der Waals surface area contributed by atoms with E-state index in [2.05, 4.69) is 29.6 Å². The highest BCUT2D eigenvalue weighted by atomic mass is 16.2. The molecule has 0 saturated carbocycles. The van der Waals surface area contributed by atoms with Crippen molar-refractivity contribution >= 4 is 6.03 Å². The molecule has 0 radical (unpaired) electrons. The van der Waals surface area contributed by atoms with Crippen LogP contribution in [0.2, 0.25) is 0 Å². The lowest BCUT2D eigenvalue weighted by Gasteiger charge is -2.24. The van der Waals surface area contributed by atoms with Gasteiger partial charge in [-0.05, 0) is 11.1 Å². The zero-order valence-corrected chi connectivity index (χ0v) is 10.8. The quantitative estimate of drug-likeness (QED) is 0.875. The maximum atomic E-state index is 12.0. The molecule has 2 aromatic rings. The minimum atomic E-state index is -0.0253. The van der Waals surface area contributed by atoms with Crippen molar-refractivity contribution in [1.82, 2.24) is 10.2 Å². The Morgan fingerprint density at radius 3 is 2.00 bits per heavy atom. The van der Waals surface area contributed by atoms with Gasteiger partial charge in [-0.15, -0.1) is 0 Å². The van der Waals surface area contributed by atoms with Gasteiger partial charge in [0.25, 0.3) is 0 Å². The fourth-order valence-electron chi connectivity index (χ4n) is 2.66. The first-order valence-electron chi connectivity index (χ1n) is 6.40. The summed E-state index contributed by atoms with van der Waals surface area (Å²) in [6, 6.07) is 20.3. The SMILES string of the molecule is CN1C(=O)N[C@@H](c2ccccc2)[C@@H]1c1ccccc1. The van der Waals surface area contributed by atoms with Gasteiger partial charge in [0.15, 0.2) is 0 Å². The fourth-order valence-corrected chi connectivity index (χ4v) is 2.66. The molecule has 1 aliphatic heterocycles. The van der Waals surface area contributed by atoms with Crippen LogP contribution >= 0.6 is 0 Å². The average molecular weight is 252 g/mol. The summed E-state index contributed by atoms with van der Waals surface area (Å²) in [5.74, 6) is 0. The summed E-state index contributed by atoms with van der Waals surface area (Å²) in [5.41, 5.74) is 2.28. The van der Waals surface area contributed by atoms with E-state index >= 15 is 0 Å². The smallest absolute Gasteiger partial charge is 0.318 e. The number of urea groups is 1. The molecule has 2 atom stereocenters. The van der Waals surface area contributed by atoms with Crippen molar-refractivity contribution in [3.63, 3.8) is 0 Å². The van der Waals surface area contributed by atoms with E-state index in [9.17, 15) is 4.79 Å². The highest BCUT2D eigenvalue weighted by molar-refractivity contribution is 5.78. The van der Waals surface area contributed by atoms with Gasteiger partial charge in [0.1, 0.15) is 0 Å². The van der Waals surface area contributed by atoms with Gasteiger partial charge in [-0.3, -0.25) is 0 Å². The van der Waals surface area contributed by atoms with Gasteiger partial charge >= 0.3 is 6.03 Å². The molecule has 1 fully saturated rings. The van der Waals surface area contributed by atoms with E-state index in [1.54, 1.807) is 4.90 Å². The lowest BCUT2D eigenvalue weighted by atomic mass is 9.94. The van der Waals surface area contributed by atoms with Crippen LogP contribution in [-0.4, -0.2) is 18.0 Å². The van der Waals surface area contributed by atoms with Crippen molar-refractivity contribution in [2.24, 2.45) is 0 Å². The Labute approximate surface area is 112 Å². The molecular weight excluding hydrogens is 236 g/mol. The van der Waals surface area contributed by atoms with Gasteiger partial charge < -0.3 is 10.2 Å². The van der Waals surface area contributed by atoms with Gasteiger partial charge in [-0.25, -0.2) is 4.79 Å². The molecule has 3 nitrogen and oxygen atoms in total. The molecule has 0 bridgehead atoms. The average Bonchev–Trinajstić information content (AvgIpc) is 2.77. The molecule has 2 amide bonds. The minimum absolute atomic E-state index is 0.00102. The van der Waals surface area contributed by atoms with Crippen LogP contribution in [0.15, 0.2) is 60.7 Å². The van der Waals surface area contributed by atoms with E-state index in [0.29, 0.717) is 0 Å². The van der Waals surface area contributed by atoms with Crippen molar-refractivity contribution in [3.05, 3.63) is 71.8 Å². The third-order valence-corrected chi connectivity index (χ3v) is 3.63. The standard InChI is InChI=1S/C16H16N2O/c1-18-15(13-10-6-3-7-11-13)14(17-16(18)19)12-8-4-2-5-9-12/h2-11,14-15H,1H3,(H,17,19)/t14-,15-/m0/s1. The molecule has 1 aliphatic rings.